The molecule has 0 aromatic heterocycles. The van der Waals surface area contributed by atoms with Crippen molar-refractivity contribution in [3.63, 3.8) is 0 Å². The molecule has 0 atom stereocenters. The molecule has 1 aliphatic heterocycles. The minimum Gasteiger partial charge on any atom is -0.496 e. The van der Waals surface area contributed by atoms with Crippen LogP contribution in [0.1, 0.15) is 17.5 Å². The van der Waals surface area contributed by atoms with E-state index in [-0.39, 0.29) is 5.82 Å². The lowest BCUT2D eigenvalue weighted by molar-refractivity contribution is 0.411. The molecule has 0 aliphatic carbocycles. The number of hydrogen-bond acceptors (Lipinski definition) is 4. The summed E-state index contributed by atoms with van der Waals surface area (Å²) < 4.78 is 20.8. The molecular formula is C18H18BrFN2OS. The Hall–Kier alpha value is -1.53. The van der Waals surface area contributed by atoms with Gasteiger partial charge in [0.15, 0.2) is 0 Å². The topological polar surface area (TPSA) is 33.6 Å². The fourth-order valence-corrected chi connectivity index (χ4v) is 4.02. The van der Waals surface area contributed by atoms with Crippen LogP contribution >= 0.6 is 27.7 Å². The van der Waals surface area contributed by atoms with Gasteiger partial charge in [0.05, 0.1) is 12.0 Å². The molecule has 6 heteroatoms. The van der Waals surface area contributed by atoms with Crippen LogP contribution in [0, 0.1) is 5.82 Å². The molecule has 0 spiro atoms. The van der Waals surface area contributed by atoms with Crippen LogP contribution in [0.15, 0.2) is 50.8 Å². The first kappa shape index (κ1) is 17.3. The van der Waals surface area contributed by atoms with Gasteiger partial charge in [-0.1, -0.05) is 22.0 Å². The fourth-order valence-electron chi connectivity index (χ4n) is 2.56. The van der Waals surface area contributed by atoms with Crippen LogP contribution < -0.4 is 10.1 Å². The molecule has 1 aliphatic rings. The first-order chi connectivity index (χ1) is 11.7. The highest BCUT2D eigenvalue weighted by molar-refractivity contribution is 9.10. The second kappa shape index (κ2) is 8.03. The van der Waals surface area contributed by atoms with Gasteiger partial charge in [-0.05, 0) is 36.8 Å². The maximum absolute atomic E-state index is 14.4. The zero-order chi connectivity index (χ0) is 16.9. The molecular weight excluding hydrogens is 391 g/mol. The smallest absolute Gasteiger partial charge is 0.137 e. The number of rotatable bonds is 5. The van der Waals surface area contributed by atoms with Crippen molar-refractivity contribution in [1.29, 1.82) is 0 Å². The van der Waals surface area contributed by atoms with Gasteiger partial charge in [0.25, 0.3) is 0 Å². The van der Waals surface area contributed by atoms with E-state index >= 15 is 0 Å². The SMILES string of the molecule is COc1ccc(Br)cc1CSc1c(F)cccc1C1=NCCCN1. The molecule has 3 rings (SSSR count). The van der Waals surface area contributed by atoms with E-state index in [9.17, 15) is 4.39 Å². The van der Waals surface area contributed by atoms with Gasteiger partial charge in [0, 0.05) is 34.4 Å². The molecule has 2 aromatic rings. The molecule has 0 radical (unpaired) electrons. The van der Waals surface area contributed by atoms with Gasteiger partial charge >= 0.3 is 0 Å². The maximum Gasteiger partial charge on any atom is 0.137 e. The number of hydrogen-bond donors (Lipinski definition) is 1. The van der Waals surface area contributed by atoms with Crippen molar-refractivity contribution >= 4 is 33.5 Å². The molecule has 0 amide bonds. The monoisotopic (exact) mass is 408 g/mol. The minimum atomic E-state index is -0.221. The number of methoxy groups -OCH3 is 1. The van der Waals surface area contributed by atoms with Crippen molar-refractivity contribution < 1.29 is 9.13 Å². The van der Waals surface area contributed by atoms with Crippen LogP contribution in [0.2, 0.25) is 0 Å². The van der Waals surface area contributed by atoms with E-state index in [2.05, 4.69) is 26.2 Å². The number of halogens is 2. The van der Waals surface area contributed by atoms with Crippen molar-refractivity contribution in [2.24, 2.45) is 4.99 Å². The number of amidine groups is 1. The highest BCUT2D eigenvalue weighted by Crippen LogP contribution is 2.33. The standard InChI is InChI=1S/C18H18BrFN2OS/c1-23-16-7-6-13(19)10-12(16)11-24-17-14(4-2-5-15(17)20)18-21-8-3-9-22-18/h2,4-7,10H,3,8-9,11H2,1H3,(H,21,22). The average molecular weight is 409 g/mol. The highest BCUT2D eigenvalue weighted by Gasteiger charge is 2.16. The number of benzene rings is 2. The molecule has 0 saturated heterocycles. The van der Waals surface area contributed by atoms with E-state index in [1.807, 2.05) is 24.3 Å². The summed E-state index contributed by atoms with van der Waals surface area (Å²) in [6, 6.07) is 11.0. The van der Waals surface area contributed by atoms with E-state index in [0.717, 1.165) is 46.7 Å². The van der Waals surface area contributed by atoms with Gasteiger partial charge in [-0.2, -0.15) is 0 Å². The van der Waals surface area contributed by atoms with Gasteiger partial charge in [-0.15, -0.1) is 11.8 Å². The summed E-state index contributed by atoms with van der Waals surface area (Å²) in [6.45, 7) is 1.65. The third-order valence-electron chi connectivity index (χ3n) is 3.73. The Morgan fingerprint density at radius 1 is 1.33 bits per heavy atom. The Labute approximate surface area is 153 Å². The second-order valence-corrected chi connectivity index (χ2v) is 7.27. The van der Waals surface area contributed by atoms with Crippen LogP contribution in [-0.2, 0) is 5.75 Å². The summed E-state index contributed by atoms with van der Waals surface area (Å²) in [5, 5.41) is 3.27. The van der Waals surface area contributed by atoms with E-state index in [1.165, 1.54) is 17.8 Å². The predicted octanol–water partition coefficient (Wildman–Crippen LogP) is 4.63. The van der Waals surface area contributed by atoms with Crippen LogP contribution in [0.5, 0.6) is 5.75 Å². The third-order valence-corrected chi connectivity index (χ3v) is 5.39. The summed E-state index contributed by atoms with van der Waals surface area (Å²) in [5.74, 6) is 1.98. The Morgan fingerprint density at radius 3 is 2.96 bits per heavy atom. The lowest BCUT2D eigenvalue weighted by atomic mass is 10.1. The Kier molecular flexibility index (Phi) is 5.79. The first-order valence-corrected chi connectivity index (χ1v) is 9.49. The lowest BCUT2D eigenvalue weighted by Crippen LogP contribution is -2.30. The normalized spacial score (nSPS) is 14.0. The van der Waals surface area contributed by atoms with Crippen LogP contribution in [0.3, 0.4) is 0 Å². The molecule has 126 valence electrons. The molecule has 0 saturated carbocycles. The Morgan fingerprint density at radius 2 is 2.21 bits per heavy atom. The number of nitrogens with one attached hydrogen (secondary N) is 1. The van der Waals surface area contributed by atoms with E-state index in [0.29, 0.717) is 10.6 Å². The zero-order valence-electron chi connectivity index (χ0n) is 13.3. The average Bonchev–Trinajstić information content (AvgIpc) is 2.61. The van der Waals surface area contributed by atoms with Crippen molar-refractivity contribution in [1.82, 2.24) is 5.32 Å². The van der Waals surface area contributed by atoms with Crippen molar-refractivity contribution in [3.05, 3.63) is 57.8 Å². The molecule has 0 bridgehead atoms. The summed E-state index contributed by atoms with van der Waals surface area (Å²) in [6.07, 6.45) is 1.01. The summed E-state index contributed by atoms with van der Waals surface area (Å²) in [7, 11) is 1.65. The fraction of sp³-hybridized carbons (Fsp3) is 0.278. The van der Waals surface area contributed by atoms with Crippen LogP contribution in [-0.4, -0.2) is 26.0 Å². The molecule has 0 unspecified atom stereocenters. The minimum absolute atomic E-state index is 0.221. The Balaban J connectivity index is 1.88. The van der Waals surface area contributed by atoms with E-state index in [4.69, 9.17) is 4.74 Å². The number of nitrogens with zero attached hydrogens (tertiary/aromatic N) is 1. The van der Waals surface area contributed by atoms with Crippen LogP contribution in [0.25, 0.3) is 0 Å². The molecule has 0 fully saturated rings. The number of ether oxygens (including phenoxy) is 1. The van der Waals surface area contributed by atoms with E-state index < -0.39 is 0 Å². The number of aliphatic imine (C=N–C) groups is 1. The Bertz CT molecular complexity index is 767. The molecule has 2 aromatic carbocycles. The summed E-state index contributed by atoms with van der Waals surface area (Å²) in [4.78, 5) is 5.12. The highest BCUT2D eigenvalue weighted by atomic mass is 79.9. The predicted molar refractivity (Wildman–Crippen MR) is 101 cm³/mol. The van der Waals surface area contributed by atoms with Crippen molar-refractivity contribution in [2.45, 2.75) is 17.1 Å². The summed E-state index contributed by atoms with van der Waals surface area (Å²) >= 11 is 4.94. The lowest BCUT2D eigenvalue weighted by Gasteiger charge is -2.18. The van der Waals surface area contributed by atoms with Gasteiger partial charge in [-0.3, -0.25) is 4.99 Å². The molecule has 1 N–H and O–H groups in total. The first-order valence-electron chi connectivity index (χ1n) is 7.71. The van der Waals surface area contributed by atoms with E-state index in [1.54, 1.807) is 13.2 Å². The van der Waals surface area contributed by atoms with Gasteiger partial charge in [-0.25, -0.2) is 4.39 Å². The van der Waals surface area contributed by atoms with Crippen molar-refractivity contribution in [3.8, 4) is 5.75 Å². The largest absolute Gasteiger partial charge is 0.496 e. The van der Waals surface area contributed by atoms with Gasteiger partial charge in [0.1, 0.15) is 17.4 Å². The maximum atomic E-state index is 14.4. The molecule has 24 heavy (non-hydrogen) atoms. The molecule has 3 nitrogen and oxygen atoms in total. The van der Waals surface area contributed by atoms with Gasteiger partial charge in [0.2, 0.25) is 0 Å². The summed E-state index contributed by atoms with van der Waals surface area (Å²) in [5.41, 5.74) is 1.85. The molecule has 1 heterocycles. The third kappa shape index (κ3) is 3.92. The number of thioether (sulfide) groups is 1. The zero-order valence-corrected chi connectivity index (χ0v) is 15.7. The van der Waals surface area contributed by atoms with Gasteiger partial charge < -0.3 is 10.1 Å². The van der Waals surface area contributed by atoms with Crippen LogP contribution in [0.4, 0.5) is 4.39 Å². The van der Waals surface area contributed by atoms with Crippen molar-refractivity contribution in [2.75, 3.05) is 20.2 Å². The second-order valence-electron chi connectivity index (χ2n) is 5.37. The quantitative estimate of drug-likeness (QED) is 0.732.